The van der Waals surface area contributed by atoms with Crippen LogP contribution in [-0.2, 0) is 11.2 Å². The molecular weight excluding hydrogens is 292 g/mol. The van der Waals surface area contributed by atoms with Crippen LogP contribution >= 0.6 is 0 Å². The second-order valence-electron chi connectivity index (χ2n) is 5.59. The van der Waals surface area contributed by atoms with E-state index in [1.54, 1.807) is 14.2 Å². The van der Waals surface area contributed by atoms with E-state index in [4.69, 9.17) is 4.74 Å². The molecule has 0 aromatic heterocycles. The van der Waals surface area contributed by atoms with Crippen molar-refractivity contribution in [3.8, 4) is 5.75 Å². The van der Waals surface area contributed by atoms with Gasteiger partial charge in [-0.3, -0.25) is 9.79 Å². The van der Waals surface area contributed by atoms with Gasteiger partial charge in [0, 0.05) is 32.6 Å². The Kier molecular flexibility index (Phi) is 6.72. The lowest BCUT2D eigenvalue weighted by atomic mass is 10.1. The lowest BCUT2D eigenvalue weighted by Gasteiger charge is -2.12. The number of ether oxygens (including phenoxy) is 1. The average molecular weight is 318 g/mol. The molecule has 0 heterocycles. The predicted octanol–water partition coefficient (Wildman–Crippen LogP) is 0.929. The minimum absolute atomic E-state index is 0.175. The number of hydrogen-bond donors (Lipinski definition) is 3. The largest absolute Gasteiger partial charge is 0.497 e. The van der Waals surface area contributed by atoms with Crippen LogP contribution in [0.4, 0.5) is 0 Å². The van der Waals surface area contributed by atoms with Gasteiger partial charge >= 0.3 is 0 Å². The van der Waals surface area contributed by atoms with Crippen LogP contribution in [0.1, 0.15) is 18.4 Å². The van der Waals surface area contributed by atoms with Gasteiger partial charge in [0.15, 0.2) is 5.96 Å². The number of hydrogen-bond acceptors (Lipinski definition) is 3. The highest BCUT2D eigenvalue weighted by molar-refractivity contribution is 5.81. The van der Waals surface area contributed by atoms with Crippen molar-refractivity contribution in [3.05, 3.63) is 29.8 Å². The summed E-state index contributed by atoms with van der Waals surface area (Å²) in [5.41, 5.74) is 1.24. The monoisotopic (exact) mass is 318 g/mol. The zero-order valence-corrected chi connectivity index (χ0v) is 13.9. The standard InChI is InChI=1S/C17H26N4O2/c1-18-17(21-12-11-19-16(22)14-5-6-14)20-10-9-13-3-7-15(23-2)8-4-13/h3-4,7-8,14H,5-6,9-12H2,1-2H3,(H,19,22)(H2,18,20,21). The number of guanidine groups is 1. The summed E-state index contributed by atoms with van der Waals surface area (Å²) in [6.07, 6.45) is 2.98. The smallest absolute Gasteiger partial charge is 0.223 e. The zero-order chi connectivity index (χ0) is 16.5. The molecule has 1 amide bonds. The van der Waals surface area contributed by atoms with Crippen LogP contribution < -0.4 is 20.7 Å². The van der Waals surface area contributed by atoms with E-state index in [9.17, 15) is 4.79 Å². The average Bonchev–Trinajstić information content (AvgIpc) is 3.42. The van der Waals surface area contributed by atoms with Gasteiger partial charge in [-0.15, -0.1) is 0 Å². The van der Waals surface area contributed by atoms with Gasteiger partial charge in [0.1, 0.15) is 5.75 Å². The van der Waals surface area contributed by atoms with E-state index in [1.165, 1.54) is 5.56 Å². The van der Waals surface area contributed by atoms with Gasteiger partial charge in [-0.25, -0.2) is 0 Å². The zero-order valence-electron chi connectivity index (χ0n) is 13.9. The number of aliphatic imine (C=N–C) groups is 1. The third-order valence-corrected chi connectivity index (χ3v) is 3.75. The fraction of sp³-hybridized carbons (Fsp3) is 0.529. The van der Waals surface area contributed by atoms with Crippen molar-refractivity contribution in [2.45, 2.75) is 19.3 Å². The number of amides is 1. The van der Waals surface area contributed by atoms with Crippen LogP contribution in [0, 0.1) is 5.92 Å². The Balaban J connectivity index is 1.59. The summed E-state index contributed by atoms with van der Waals surface area (Å²) in [6, 6.07) is 8.05. The first-order chi connectivity index (χ1) is 11.2. The molecule has 6 heteroatoms. The second kappa shape index (κ2) is 9.02. The molecule has 0 unspecified atom stereocenters. The molecule has 3 N–H and O–H groups in total. The molecule has 0 atom stereocenters. The highest BCUT2D eigenvalue weighted by Gasteiger charge is 2.28. The minimum atomic E-state index is 0.175. The fourth-order valence-electron chi connectivity index (χ4n) is 2.19. The Morgan fingerprint density at radius 2 is 1.78 bits per heavy atom. The van der Waals surface area contributed by atoms with E-state index < -0.39 is 0 Å². The van der Waals surface area contributed by atoms with Crippen molar-refractivity contribution in [3.63, 3.8) is 0 Å². The van der Waals surface area contributed by atoms with E-state index >= 15 is 0 Å². The van der Waals surface area contributed by atoms with Gasteiger partial charge < -0.3 is 20.7 Å². The Bertz CT molecular complexity index is 524. The number of nitrogens with one attached hydrogen (secondary N) is 3. The first-order valence-electron chi connectivity index (χ1n) is 8.08. The Hall–Kier alpha value is -2.24. The molecule has 126 valence electrons. The van der Waals surface area contributed by atoms with Gasteiger partial charge in [-0.2, -0.15) is 0 Å². The van der Waals surface area contributed by atoms with Crippen LogP contribution in [-0.4, -0.2) is 45.7 Å². The summed E-state index contributed by atoms with van der Waals surface area (Å²) in [6.45, 7) is 2.08. The van der Waals surface area contributed by atoms with Crippen molar-refractivity contribution in [1.82, 2.24) is 16.0 Å². The maximum Gasteiger partial charge on any atom is 0.223 e. The van der Waals surface area contributed by atoms with Gasteiger partial charge in [-0.05, 0) is 37.0 Å². The van der Waals surface area contributed by atoms with E-state index in [1.807, 2.05) is 12.1 Å². The normalized spacial score (nSPS) is 14.3. The maximum atomic E-state index is 11.5. The number of rotatable bonds is 8. The summed E-state index contributed by atoms with van der Waals surface area (Å²) in [4.78, 5) is 15.7. The SMILES string of the molecule is CN=C(NCCNC(=O)C1CC1)NCCc1ccc(OC)cc1. The third kappa shape index (κ3) is 6.18. The van der Waals surface area contributed by atoms with Crippen LogP contribution in [0.15, 0.2) is 29.3 Å². The molecule has 0 aliphatic heterocycles. The van der Waals surface area contributed by atoms with Crippen molar-refractivity contribution >= 4 is 11.9 Å². The van der Waals surface area contributed by atoms with Gasteiger partial charge in [-0.1, -0.05) is 12.1 Å². The lowest BCUT2D eigenvalue weighted by Crippen LogP contribution is -2.42. The summed E-state index contributed by atoms with van der Waals surface area (Å²) in [7, 11) is 3.41. The number of benzene rings is 1. The van der Waals surface area contributed by atoms with Crippen LogP contribution in [0.25, 0.3) is 0 Å². The van der Waals surface area contributed by atoms with Gasteiger partial charge in [0.25, 0.3) is 0 Å². The summed E-state index contributed by atoms with van der Waals surface area (Å²) in [5.74, 6) is 2.05. The number of carbonyl (C=O) groups is 1. The molecule has 0 radical (unpaired) electrons. The van der Waals surface area contributed by atoms with Crippen LogP contribution in [0.3, 0.4) is 0 Å². The van der Waals surface area contributed by atoms with E-state index in [0.29, 0.717) is 13.1 Å². The second-order valence-corrected chi connectivity index (χ2v) is 5.59. The molecule has 1 aromatic rings. The van der Waals surface area contributed by atoms with Crippen molar-refractivity contribution < 1.29 is 9.53 Å². The molecule has 0 saturated heterocycles. The molecule has 0 spiro atoms. The molecule has 1 aliphatic carbocycles. The molecule has 23 heavy (non-hydrogen) atoms. The first kappa shape index (κ1) is 17.1. The van der Waals surface area contributed by atoms with E-state index in [2.05, 4.69) is 33.1 Å². The molecule has 0 bridgehead atoms. The summed E-state index contributed by atoms with van der Waals surface area (Å²) >= 11 is 0. The first-order valence-corrected chi connectivity index (χ1v) is 8.08. The molecule has 6 nitrogen and oxygen atoms in total. The maximum absolute atomic E-state index is 11.5. The predicted molar refractivity (Wildman–Crippen MR) is 91.8 cm³/mol. The Morgan fingerprint density at radius 3 is 2.39 bits per heavy atom. The van der Waals surface area contributed by atoms with Crippen molar-refractivity contribution in [2.24, 2.45) is 10.9 Å². The minimum Gasteiger partial charge on any atom is -0.497 e. The molecule has 1 aromatic carbocycles. The lowest BCUT2D eigenvalue weighted by molar-refractivity contribution is -0.122. The number of methoxy groups -OCH3 is 1. The van der Waals surface area contributed by atoms with E-state index in [0.717, 1.165) is 37.5 Å². The summed E-state index contributed by atoms with van der Waals surface area (Å²) in [5, 5.41) is 9.38. The quantitative estimate of drug-likeness (QED) is 0.379. The molecule has 1 aliphatic rings. The highest BCUT2D eigenvalue weighted by atomic mass is 16.5. The highest BCUT2D eigenvalue weighted by Crippen LogP contribution is 2.28. The number of nitrogens with zero attached hydrogens (tertiary/aromatic N) is 1. The molecule has 1 saturated carbocycles. The molecule has 2 rings (SSSR count). The van der Waals surface area contributed by atoms with Gasteiger partial charge in [0.05, 0.1) is 7.11 Å². The topological polar surface area (TPSA) is 74.8 Å². The molecule has 1 fully saturated rings. The van der Waals surface area contributed by atoms with Crippen molar-refractivity contribution in [1.29, 1.82) is 0 Å². The summed E-state index contributed by atoms with van der Waals surface area (Å²) < 4.78 is 5.14. The van der Waals surface area contributed by atoms with Crippen LogP contribution in [0.5, 0.6) is 5.75 Å². The van der Waals surface area contributed by atoms with Gasteiger partial charge in [0.2, 0.25) is 5.91 Å². The molecular formula is C17H26N4O2. The Morgan fingerprint density at radius 1 is 1.13 bits per heavy atom. The van der Waals surface area contributed by atoms with Crippen molar-refractivity contribution in [2.75, 3.05) is 33.8 Å². The Labute approximate surface area is 137 Å². The van der Waals surface area contributed by atoms with Crippen LogP contribution in [0.2, 0.25) is 0 Å². The fourth-order valence-corrected chi connectivity index (χ4v) is 2.19. The van der Waals surface area contributed by atoms with E-state index in [-0.39, 0.29) is 11.8 Å². The third-order valence-electron chi connectivity index (χ3n) is 3.75. The number of carbonyl (C=O) groups excluding carboxylic acids is 1.